The molecule has 1 heterocycles. The summed E-state index contributed by atoms with van der Waals surface area (Å²) < 4.78 is 4.42. The number of carbonyl (C=O) groups is 2. The van der Waals surface area contributed by atoms with Gasteiger partial charge in [0.15, 0.2) is 0 Å². The Morgan fingerprint density at radius 2 is 2.33 bits per heavy atom. The lowest BCUT2D eigenvalue weighted by Gasteiger charge is -2.30. The van der Waals surface area contributed by atoms with E-state index in [1.165, 1.54) is 0 Å². The monoisotopic (exact) mass is 167 g/mol. The SMILES string of the molecule is O=C1NC2CCC=CC2C(=O)O1. The van der Waals surface area contributed by atoms with Crippen molar-refractivity contribution in [1.29, 1.82) is 0 Å². The predicted molar refractivity (Wildman–Crippen MR) is 40.3 cm³/mol. The van der Waals surface area contributed by atoms with Gasteiger partial charge in [0.2, 0.25) is 0 Å². The number of esters is 1. The number of allylic oxidation sites excluding steroid dienone is 1. The number of nitrogens with one attached hydrogen (secondary N) is 1. The molecule has 0 aromatic carbocycles. The first-order valence-electron chi connectivity index (χ1n) is 3.96. The Bertz CT molecular complexity index is 259. The lowest BCUT2D eigenvalue weighted by Crippen LogP contribution is -2.50. The molecule has 1 aliphatic carbocycles. The number of rotatable bonds is 0. The highest BCUT2D eigenvalue weighted by molar-refractivity contribution is 5.90. The number of hydrogen-bond acceptors (Lipinski definition) is 3. The topological polar surface area (TPSA) is 55.4 Å². The van der Waals surface area contributed by atoms with Crippen molar-refractivity contribution >= 4 is 12.1 Å². The standard InChI is InChI=1S/C8H9NO3/c10-7-5-3-1-2-4-6(5)9-8(11)12-7/h1,3,5-6H,2,4H2,(H,9,11). The molecule has 0 bridgehead atoms. The van der Waals surface area contributed by atoms with Gasteiger partial charge in [0, 0.05) is 6.04 Å². The Labute approximate surface area is 69.6 Å². The van der Waals surface area contributed by atoms with Crippen LogP contribution in [0.1, 0.15) is 12.8 Å². The van der Waals surface area contributed by atoms with Gasteiger partial charge in [-0.05, 0) is 12.8 Å². The second-order valence-corrected chi connectivity index (χ2v) is 2.99. The van der Waals surface area contributed by atoms with Gasteiger partial charge in [-0.15, -0.1) is 0 Å². The summed E-state index contributed by atoms with van der Waals surface area (Å²) in [6.07, 6.45) is 4.86. The highest BCUT2D eigenvalue weighted by Gasteiger charge is 2.36. The molecule has 0 radical (unpaired) electrons. The van der Waals surface area contributed by atoms with Crippen molar-refractivity contribution in [2.24, 2.45) is 5.92 Å². The lowest BCUT2D eigenvalue weighted by atomic mass is 9.90. The van der Waals surface area contributed by atoms with Gasteiger partial charge in [0.1, 0.15) is 0 Å². The van der Waals surface area contributed by atoms with Crippen molar-refractivity contribution in [3.05, 3.63) is 12.2 Å². The molecule has 1 N–H and O–H groups in total. The maximum absolute atomic E-state index is 11.1. The molecule has 0 spiro atoms. The molecule has 0 aromatic rings. The van der Waals surface area contributed by atoms with Gasteiger partial charge < -0.3 is 10.1 Å². The summed E-state index contributed by atoms with van der Waals surface area (Å²) in [5.74, 6) is -0.698. The maximum Gasteiger partial charge on any atom is 0.415 e. The number of ether oxygens (including phenoxy) is 1. The fraction of sp³-hybridized carbons (Fsp3) is 0.500. The van der Waals surface area contributed by atoms with Gasteiger partial charge in [-0.25, -0.2) is 4.79 Å². The second kappa shape index (κ2) is 2.62. The van der Waals surface area contributed by atoms with E-state index in [1.54, 1.807) is 6.08 Å². The molecule has 1 amide bonds. The molecule has 12 heavy (non-hydrogen) atoms. The first-order valence-corrected chi connectivity index (χ1v) is 3.96. The number of fused-ring (bicyclic) bond motifs is 1. The molecule has 1 saturated heterocycles. The molecule has 2 unspecified atom stereocenters. The van der Waals surface area contributed by atoms with E-state index >= 15 is 0 Å². The molecule has 1 fully saturated rings. The fourth-order valence-electron chi connectivity index (χ4n) is 1.58. The van der Waals surface area contributed by atoms with E-state index < -0.39 is 12.1 Å². The fourth-order valence-corrected chi connectivity index (χ4v) is 1.58. The number of hydrogen-bond donors (Lipinski definition) is 1. The van der Waals surface area contributed by atoms with Crippen LogP contribution in [0.3, 0.4) is 0 Å². The summed E-state index contributed by atoms with van der Waals surface area (Å²) in [5.41, 5.74) is 0. The molecular formula is C8H9NO3. The summed E-state index contributed by atoms with van der Waals surface area (Å²) >= 11 is 0. The highest BCUT2D eigenvalue weighted by Crippen LogP contribution is 2.22. The van der Waals surface area contributed by atoms with Crippen LogP contribution in [0.2, 0.25) is 0 Å². The Morgan fingerprint density at radius 3 is 3.17 bits per heavy atom. The minimum absolute atomic E-state index is 0.0521. The van der Waals surface area contributed by atoms with Crippen LogP contribution in [-0.4, -0.2) is 18.1 Å². The Kier molecular flexibility index (Phi) is 1.60. The van der Waals surface area contributed by atoms with Crippen LogP contribution in [0.15, 0.2) is 12.2 Å². The normalized spacial score (nSPS) is 33.7. The molecule has 2 aliphatic rings. The van der Waals surface area contributed by atoms with Crippen LogP contribution in [0.25, 0.3) is 0 Å². The van der Waals surface area contributed by atoms with Crippen LogP contribution in [-0.2, 0) is 9.53 Å². The van der Waals surface area contributed by atoms with E-state index in [0.717, 1.165) is 12.8 Å². The van der Waals surface area contributed by atoms with Gasteiger partial charge in [-0.1, -0.05) is 12.2 Å². The second-order valence-electron chi connectivity index (χ2n) is 2.99. The van der Waals surface area contributed by atoms with E-state index in [9.17, 15) is 9.59 Å². The third-order valence-corrected chi connectivity index (χ3v) is 2.19. The third kappa shape index (κ3) is 1.09. The number of alkyl carbamates (subject to hydrolysis) is 1. The zero-order chi connectivity index (χ0) is 8.55. The van der Waals surface area contributed by atoms with E-state index in [0.29, 0.717) is 0 Å². The zero-order valence-corrected chi connectivity index (χ0v) is 6.45. The van der Waals surface area contributed by atoms with Crippen LogP contribution >= 0.6 is 0 Å². The molecule has 2 atom stereocenters. The van der Waals surface area contributed by atoms with E-state index in [2.05, 4.69) is 10.1 Å². The lowest BCUT2D eigenvalue weighted by molar-refractivity contribution is -0.143. The molecular weight excluding hydrogens is 158 g/mol. The summed E-state index contributed by atoms with van der Waals surface area (Å²) in [6, 6.07) is -0.0521. The van der Waals surface area contributed by atoms with Crippen molar-refractivity contribution in [1.82, 2.24) is 5.32 Å². The predicted octanol–water partition coefficient (Wildman–Crippen LogP) is 0.588. The van der Waals surface area contributed by atoms with Gasteiger partial charge in [-0.2, -0.15) is 0 Å². The number of amides is 1. The van der Waals surface area contributed by atoms with Gasteiger partial charge in [0.05, 0.1) is 5.92 Å². The summed E-state index contributed by atoms with van der Waals surface area (Å²) in [5, 5.41) is 2.62. The molecule has 1 aliphatic heterocycles. The van der Waals surface area contributed by atoms with E-state index in [1.807, 2.05) is 6.08 Å². The minimum atomic E-state index is -0.614. The Balaban J connectivity index is 2.20. The van der Waals surface area contributed by atoms with E-state index in [4.69, 9.17) is 0 Å². The minimum Gasteiger partial charge on any atom is -0.376 e. The first-order chi connectivity index (χ1) is 5.77. The molecule has 2 rings (SSSR count). The quantitative estimate of drug-likeness (QED) is 0.326. The molecule has 0 aromatic heterocycles. The zero-order valence-electron chi connectivity index (χ0n) is 6.45. The van der Waals surface area contributed by atoms with E-state index in [-0.39, 0.29) is 12.0 Å². The average molecular weight is 167 g/mol. The summed E-state index contributed by atoms with van der Waals surface area (Å²) in [6.45, 7) is 0. The maximum atomic E-state index is 11.1. The van der Waals surface area contributed by atoms with Crippen molar-refractivity contribution in [2.75, 3.05) is 0 Å². The highest BCUT2D eigenvalue weighted by atomic mass is 16.6. The summed E-state index contributed by atoms with van der Waals surface area (Å²) in [7, 11) is 0. The smallest absolute Gasteiger partial charge is 0.376 e. The summed E-state index contributed by atoms with van der Waals surface area (Å²) in [4.78, 5) is 21.9. The number of carbonyl (C=O) groups excluding carboxylic acids is 2. The Morgan fingerprint density at radius 1 is 1.50 bits per heavy atom. The molecule has 0 saturated carbocycles. The van der Waals surface area contributed by atoms with Crippen molar-refractivity contribution in [2.45, 2.75) is 18.9 Å². The van der Waals surface area contributed by atoms with Gasteiger partial charge in [-0.3, -0.25) is 4.79 Å². The molecule has 64 valence electrons. The van der Waals surface area contributed by atoms with Crippen LogP contribution in [0.4, 0.5) is 4.79 Å². The largest absolute Gasteiger partial charge is 0.415 e. The first kappa shape index (κ1) is 7.34. The average Bonchev–Trinajstić information content (AvgIpc) is 2.04. The van der Waals surface area contributed by atoms with Crippen LogP contribution < -0.4 is 5.32 Å². The molecule has 4 heteroatoms. The van der Waals surface area contributed by atoms with Crippen LogP contribution in [0.5, 0.6) is 0 Å². The van der Waals surface area contributed by atoms with Crippen molar-refractivity contribution in [3.8, 4) is 0 Å². The Hall–Kier alpha value is -1.32. The molecule has 4 nitrogen and oxygen atoms in total. The van der Waals surface area contributed by atoms with Gasteiger partial charge in [0.25, 0.3) is 0 Å². The van der Waals surface area contributed by atoms with Crippen molar-refractivity contribution in [3.63, 3.8) is 0 Å². The third-order valence-electron chi connectivity index (χ3n) is 2.19. The van der Waals surface area contributed by atoms with Gasteiger partial charge >= 0.3 is 12.1 Å². The van der Waals surface area contributed by atoms with Crippen LogP contribution in [0, 0.1) is 5.92 Å². The van der Waals surface area contributed by atoms with Crippen molar-refractivity contribution < 1.29 is 14.3 Å². The number of cyclic esters (lactones) is 2.